The molecular weight excluding hydrogens is 268 g/mol. The first-order valence-corrected chi connectivity index (χ1v) is 8.12. The molecule has 0 atom stereocenters. The van der Waals surface area contributed by atoms with Gasteiger partial charge in [0.15, 0.2) is 21.3 Å². The number of benzene rings is 1. The second kappa shape index (κ2) is 4.11. The van der Waals surface area contributed by atoms with Crippen LogP contribution in [0.3, 0.4) is 0 Å². The molecule has 1 heterocycles. The van der Waals surface area contributed by atoms with Crippen molar-refractivity contribution in [3.63, 3.8) is 0 Å². The highest BCUT2D eigenvalue weighted by molar-refractivity contribution is 7.90. The zero-order valence-electron chi connectivity index (χ0n) is 10.7. The van der Waals surface area contributed by atoms with E-state index >= 15 is 0 Å². The molecule has 1 aromatic carbocycles. The number of rotatable bonds is 3. The molecule has 0 amide bonds. The number of sulfone groups is 1. The van der Waals surface area contributed by atoms with Gasteiger partial charge in [0.1, 0.15) is 18.1 Å². The molecule has 0 spiro atoms. The molecule has 5 nitrogen and oxygen atoms in total. The summed E-state index contributed by atoms with van der Waals surface area (Å²) in [5.41, 5.74) is -0.143. The van der Waals surface area contributed by atoms with Crippen molar-refractivity contribution < 1.29 is 23.0 Å². The number of hydrogen-bond acceptors (Lipinski definition) is 5. The van der Waals surface area contributed by atoms with Crippen molar-refractivity contribution >= 4 is 9.84 Å². The molecule has 1 saturated carbocycles. The van der Waals surface area contributed by atoms with Crippen LogP contribution in [0.25, 0.3) is 0 Å². The largest absolute Gasteiger partial charge is 0.486 e. The summed E-state index contributed by atoms with van der Waals surface area (Å²) in [5.74, 6) is 0.744. The summed E-state index contributed by atoms with van der Waals surface area (Å²) in [4.78, 5) is 0.157. The Labute approximate surface area is 112 Å². The van der Waals surface area contributed by atoms with Crippen LogP contribution in [0.4, 0.5) is 0 Å². The highest BCUT2D eigenvalue weighted by Gasteiger charge is 2.42. The topological polar surface area (TPSA) is 72.8 Å². The normalized spacial score (nSPS) is 20.1. The van der Waals surface area contributed by atoms with Gasteiger partial charge in [-0.2, -0.15) is 0 Å². The molecule has 3 rings (SSSR count). The molecule has 0 bridgehead atoms. The standard InChI is InChI=1S/C13H16O5S/c1-19(15,16)12-9(8-13(14)4-5-13)2-3-10-11(12)18-7-6-17-10/h2-3,14H,4-8H2,1H3. The van der Waals surface area contributed by atoms with Crippen molar-refractivity contribution in [2.75, 3.05) is 19.5 Å². The predicted molar refractivity (Wildman–Crippen MR) is 68.4 cm³/mol. The average Bonchev–Trinajstić information content (AvgIpc) is 3.05. The van der Waals surface area contributed by atoms with Crippen LogP contribution >= 0.6 is 0 Å². The molecule has 19 heavy (non-hydrogen) atoms. The Kier molecular flexibility index (Phi) is 2.76. The van der Waals surface area contributed by atoms with E-state index in [9.17, 15) is 13.5 Å². The highest BCUT2D eigenvalue weighted by Crippen LogP contribution is 2.44. The first-order valence-electron chi connectivity index (χ1n) is 6.23. The monoisotopic (exact) mass is 284 g/mol. The highest BCUT2D eigenvalue weighted by atomic mass is 32.2. The zero-order chi connectivity index (χ0) is 13.7. The molecule has 1 aliphatic heterocycles. The summed E-state index contributed by atoms with van der Waals surface area (Å²) in [7, 11) is -3.44. The second-order valence-electron chi connectivity index (χ2n) is 5.25. The fraction of sp³-hybridized carbons (Fsp3) is 0.538. The van der Waals surface area contributed by atoms with Gasteiger partial charge in [-0.25, -0.2) is 8.42 Å². The molecule has 2 aliphatic rings. The fourth-order valence-electron chi connectivity index (χ4n) is 2.35. The summed E-state index contributed by atoms with van der Waals surface area (Å²) in [6.45, 7) is 0.753. The molecule has 104 valence electrons. The van der Waals surface area contributed by atoms with Crippen LogP contribution in [0.2, 0.25) is 0 Å². The van der Waals surface area contributed by atoms with Crippen molar-refractivity contribution in [1.82, 2.24) is 0 Å². The number of aliphatic hydroxyl groups is 1. The maximum atomic E-state index is 12.0. The van der Waals surface area contributed by atoms with Gasteiger partial charge >= 0.3 is 0 Å². The van der Waals surface area contributed by atoms with Gasteiger partial charge in [-0.15, -0.1) is 0 Å². The lowest BCUT2D eigenvalue weighted by atomic mass is 10.1. The Balaban J connectivity index is 2.13. The molecule has 0 unspecified atom stereocenters. The Morgan fingerprint density at radius 2 is 1.95 bits per heavy atom. The van der Waals surface area contributed by atoms with Crippen LogP contribution in [-0.2, 0) is 16.3 Å². The van der Waals surface area contributed by atoms with Gasteiger partial charge in [0, 0.05) is 12.7 Å². The van der Waals surface area contributed by atoms with E-state index in [1.807, 2.05) is 0 Å². The summed E-state index contributed by atoms with van der Waals surface area (Å²) in [5, 5.41) is 10.0. The van der Waals surface area contributed by atoms with Gasteiger partial charge in [-0.05, 0) is 24.5 Å². The van der Waals surface area contributed by atoms with Crippen molar-refractivity contribution in [3.8, 4) is 11.5 Å². The first-order chi connectivity index (χ1) is 8.89. The van der Waals surface area contributed by atoms with Crippen LogP contribution in [0.1, 0.15) is 18.4 Å². The van der Waals surface area contributed by atoms with E-state index in [-0.39, 0.29) is 10.6 Å². The van der Waals surface area contributed by atoms with E-state index in [1.165, 1.54) is 0 Å². The smallest absolute Gasteiger partial charge is 0.180 e. The summed E-state index contributed by atoms with van der Waals surface area (Å²) in [6.07, 6.45) is 2.92. The number of hydrogen-bond donors (Lipinski definition) is 1. The summed E-state index contributed by atoms with van der Waals surface area (Å²) < 4.78 is 34.9. The molecule has 1 aliphatic carbocycles. The summed E-state index contributed by atoms with van der Waals surface area (Å²) in [6, 6.07) is 3.42. The molecule has 1 aromatic rings. The third-order valence-electron chi connectivity index (χ3n) is 3.46. The van der Waals surface area contributed by atoms with Gasteiger partial charge in [0.2, 0.25) is 0 Å². The maximum absolute atomic E-state index is 12.0. The van der Waals surface area contributed by atoms with Crippen molar-refractivity contribution in [2.45, 2.75) is 29.8 Å². The number of ether oxygens (including phenoxy) is 2. The first kappa shape index (κ1) is 12.7. The van der Waals surface area contributed by atoms with E-state index < -0.39 is 15.4 Å². The van der Waals surface area contributed by atoms with E-state index in [2.05, 4.69) is 0 Å². The Morgan fingerprint density at radius 3 is 2.58 bits per heavy atom. The Bertz CT molecular complexity index is 616. The van der Waals surface area contributed by atoms with Crippen LogP contribution < -0.4 is 9.47 Å². The van der Waals surface area contributed by atoms with Crippen LogP contribution in [0.5, 0.6) is 11.5 Å². The molecule has 0 radical (unpaired) electrons. The van der Waals surface area contributed by atoms with Crippen molar-refractivity contribution in [3.05, 3.63) is 17.7 Å². The lowest BCUT2D eigenvalue weighted by Gasteiger charge is -2.23. The lowest BCUT2D eigenvalue weighted by Crippen LogP contribution is -2.20. The Hall–Kier alpha value is -1.27. The molecular formula is C13H16O5S. The third-order valence-corrected chi connectivity index (χ3v) is 4.65. The minimum absolute atomic E-state index is 0.157. The molecule has 0 aromatic heterocycles. The summed E-state index contributed by atoms with van der Waals surface area (Å²) >= 11 is 0. The molecule has 1 fully saturated rings. The molecule has 1 N–H and O–H groups in total. The van der Waals surface area contributed by atoms with Crippen LogP contribution in [0.15, 0.2) is 17.0 Å². The Morgan fingerprint density at radius 1 is 1.26 bits per heavy atom. The lowest BCUT2D eigenvalue weighted by molar-refractivity contribution is 0.148. The van der Waals surface area contributed by atoms with Crippen molar-refractivity contribution in [2.24, 2.45) is 0 Å². The van der Waals surface area contributed by atoms with E-state index in [1.54, 1.807) is 12.1 Å². The third kappa shape index (κ3) is 2.42. The predicted octanol–water partition coefficient (Wildman–Crippen LogP) is 0.929. The minimum Gasteiger partial charge on any atom is -0.486 e. The quantitative estimate of drug-likeness (QED) is 0.894. The number of fused-ring (bicyclic) bond motifs is 1. The minimum atomic E-state index is -3.44. The van der Waals surface area contributed by atoms with Gasteiger partial charge < -0.3 is 14.6 Å². The molecule has 6 heteroatoms. The zero-order valence-corrected chi connectivity index (χ0v) is 11.5. The second-order valence-corrected chi connectivity index (χ2v) is 7.20. The van der Waals surface area contributed by atoms with Gasteiger partial charge in [0.05, 0.1) is 5.60 Å². The van der Waals surface area contributed by atoms with Gasteiger partial charge in [-0.1, -0.05) is 6.07 Å². The van der Waals surface area contributed by atoms with Crippen LogP contribution in [-0.4, -0.2) is 38.6 Å². The maximum Gasteiger partial charge on any atom is 0.180 e. The van der Waals surface area contributed by atoms with Crippen molar-refractivity contribution in [1.29, 1.82) is 0 Å². The van der Waals surface area contributed by atoms with E-state index in [0.717, 1.165) is 6.26 Å². The van der Waals surface area contributed by atoms with Gasteiger partial charge in [-0.3, -0.25) is 0 Å². The SMILES string of the molecule is CS(=O)(=O)c1c(CC2(O)CC2)ccc2c1OCCO2. The van der Waals surface area contributed by atoms with E-state index in [4.69, 9.17) is 9.47 Å². The van der Waals surface area contributed by atoms with Gasteiger partial charge in [0.25, 0.3) is 0 Å². The fourth-order valence-corrected chi connectivity index (χ4v) is 3.47. The van der Waals surface area contributed by atoms with E-state index in [0.29, 0.717) is 43.8 Å². The van der Waals surface area contributed by atoms with Crippen LogP contribution in [0, 0.1) is 0 Å². The average molecular weight is 284 g/mol. The molecule has 0 saturated heterocycles.